The lowest BCUT2D eigenvalue weighted by Crippen LogP contribution is -2.50. The Morgan fingerprint density at radius 2 is 1.88 bits per heavy atom. The van der Waals surface area contributed by atoms with Crippen LogP contribution in [0.2, 0.25) is 0 Å². The van der Waals surface area contributed by atoms with Gasteiger partial charge in [-0.3, -0.25) is 4.79 Å². The van der Waals surface area contributed by atoms with Gasteiger partial charge in [0.25, 0.3) is 0 Å². The van der Waals surface area contributed by atoms with Gasteiger partial charge in [0.2, 0.25) is 5.91 Å². The number of aromatic nitrogens is 2. The van der Waals surface area contributed by atoms with E-state index in [1.165, 1.54) is 6.33 Å². The molecule has 0 N–H and O–H groups in total. The number of hydrogen-bond acceptors (Lipinski definition) is 5. The van der Waals surface area contributed by atoms with E-state index >= 15 is 0 Å². The SMILES string of the molecule is Cc1ncnc(N2CCN(C(=O)COCc3ccccc3)CC2)c1F. The van der Waals surface area contributed by atoms with Gasteiger partial charge in [-0.15, -0.1) is 0 Å². The van der Waals surface area contributed by atoms with Gasteiger partial charge in [-0.2, -0.15) is 0 Å². The monoisotopic (exact) mass is 344 g/mol. The number of nitrogens with zero attached hydrogens (tertiary/aromatic N) is 4. The van der Waals surface area contributed by atoms with E-state index in [0.29, 0.717) is 44.3 Å². The van der Waals surface area contributed by atoms with Gasteiger partial charge in [0, 0.05) is 26.2 Å². The lowest BCUT2D eigenvalue weighted by atomic mass is 10.2. The molecule has 2 aromatic rings. The Balaban J connectivity index is 1.47. The summed E-state index contributed by atoms with van der Waals surface area (Å²) in [5.41, 5.74) is 1.37. The number of rotatable bonds is 5. The highest BCUT2D eigenvalue weighted by Crippen LogP contribution is 2.19. The normalized spacial score (nSPS) is 14.6. The summed E-state index contributed by atoms with van der Waals surface area (Å²) in [6.45, 7) is 4.21. The molecule has 25 heavy (non-hydrogen) atoms. The Morgan fingerprint density at radius 1 is 1.16 bits per heavy atom. The predicted molar refractivity (Wildman–Crippen MR) is 91.6 cm³/mol. The van der Waals surface area contributed by atoms with Crippen LogP contribution >= 0.6 is 0 Å². The molecule has 0 aliphatic carbocycles. The average Bonchev–Trinajstić information content (AvgIpc) is 2.65. The van der Waals surface area contributed by atoms with Crippen LogP contribution in [-0.2, 0) is 16.1 Å². The molecule has 1 amide bonds. The van der Waals surface area contributed by atoms with E-state index in [1.54, 1.807) is 11.8 Å². The molecular weight excluding hydrogens is 323 g/mol. The van der Waals surface area contributed by atoms with Gasteiger partial charge in [-0.1, -0.05) is 30.3 Å². The molecule has 6 nitrogen and oxygen atoms in total. The maximum Gasteiger partial charge on any atom is 0.248 e. The molecule has 0 saturated carbocycles. The van der Waals surface area contributed by atoms with E-state index in [4.69, 9.17) is 4.74 Å². The Labute approximate surface area is 146 Å². The Hall–Kier alpha value is -2.54. The number of amides is 1. The molecule has 1 fully saturated rings. The lowest BCUT2D eigenvalue weighted by Gasteiger charge is -2.35. The number of benzene rings is 1. The fourth-order valence-electron chi connectivity index (χ4n) is 2.76. The largest absolute Gasteiger partial charge is 0.367 e. The molecule has 1 aromatic heterocycles. The number of halogens is 1. The highest BCUT2D eigenvalue weighted by molar-refractivity contribution is 5.77. The molecule has 3 rings (SSSR count). The quantitative estimate of drug-likeness (QED) is 0.828. The van der Waals surface area contributed by atoms with Gasteiger partial charge in [-0.25, -0.2) is 14.4 Å². The topological polar surface area (TPSA) is 58.6 Å². The predicted octanol–water partition coefficient (Wildman–Crippen LogP) is 1.79. The minimum absolute atomic E-state index is 0.0464. The summed E-state index contributed by atoms with van der Waals surface area (Å²) in [6, 6.07) is 9.74. The number of carbonyl (C=O) groups excluding carboxylic acids is 1. The maximum atomic E-state index is 14.1. The number of anilines is 1. The summed E-state index contributed by atoms with van der Waals surface area (Å²) >= 11 is 0. The molecule has 0 radical (unpaired) electrons. The van der Waals surface area contributed by atoms with Crippen molar-refractivity contribution in [3.63, 3.8) is 0 Å². The zero-order valence-electron chi connectivity index (χ0n) is 14.2. The van der Waals surface area contributed by atoms with E-state index in [0.717, 1.165) is 5.56 Å². The van der Waals surface area contributed by atoms with Crippen LogP contribution in [0.1, 0.15) is 11.3 Å². The van der Waals surface area contributed by atoms with E-state index in [9.17, 15) is 9.18 Å². The van der Waals surface area contributed by atoms with Crippen LogP contribution < -0.4 is 4.90 Å². The molecule has 1 aromatic carbocycles. The molecule has 0 unspecified atom stereocenters. The summed E-state index contributed by atoms with van der Waals surface area (Å²) in [7, 11) is 0. The van der Waals surface area contributed by atoms with Crippen LogP contribution in [0.3, 0.4) is 0 Å². The molecular formula is C18H21FN4O2. The molecule has 0 bridgehead atoms. The molecule has 0 spiro atoms. The van der Waals surface area contributed by atoms with Crippen molar-refractivity contribution < 1.29 is 13.9 Å². The lowest BCUT2D eigenvalue weighted by molar-refractivity contribution is -0.136. The van der Waals surface area contributed by atoms with E-state index in [2.05, 4.69) is 9.97 Å². The smallest absolute Gasteiger partial charge is 0.248 e. The fraction of sp³-hybridized carbons (Fsp3) is 0.389. The minimum atomic E-state index is -0.395. The zero-order valence-corrected chi connectivity index (χ0v) is 14.2. The number of ether oxygens (including phenoxy) is 1. The van der Waals surface area contributed by atoms with Crippen molar-refractivity contribution in [1.82, 2.24) is 14.9 Å². The van der Waals surface area contributed by atoms with E-state index in [-0.39, 0.29) is 12.5 Å². The van der Waals surface area contributed by atoms with Gasteiger partial charge >= 0.3 is 0 Å². The fourth-order valence-corrected chi connectivity index (χ4v) is 2.76. The zero-order chi connectivity index (χ0) is 17.6. The highest BCUT2D eigenvalue weighted by Gasteiger charge is 2.24. The molecule has 2 heterocycles. The maximum absolute atomic E-state index is 14.1. The van der Waals surface area contributed by atoms with Crippen LogP contribution in [0.5, 0.6) is 0 Å². The van der Waals surface area contributed by atoms with E-state index in [1.807, 2.05) is 35.2 Å². The number of carbonyl (C=O) groups is 1. The Morgan fingerprint density at radius 3 is 2.60 bits per heavy atom. The molecule has 1 saturated heterocycles. The van der Waals surface area contributed by atoms with Crippen LogP contribution in [0.25, 0.3) is 0 Å². The van der Waals surface area contributed by atoms with Crippen LogP contribution in [0.15, 0.2) is 36.7 Å². The summed E-state index contributed by atoms with van der Waals surface area (Å²) in [5.74, 6) is -0.136. The minimum Gasteiger partial charge on any atom is -0.367 e. The van der Waals surface area contributed by atoms with Crippen molar-refractivity contribution in [1.29, 1.82) is 0 Å². The first-order chi connectivity index (χ1) is 12.1. The van der Waals surface area contributed by atoms with Gasteiger partial charge in [0.1, 0.15) is 12.9 Å². The first-order valence-electron chi connectivity index (χ1n) is 8.26. The first-order valence-corrected chi connectivity index (χ1v) is 8.26. The van der Waals surface area contributed by atoms with Crippen molar-refractivity contribution in [3.8, 4) is 0 Å². The summed E-state index contributed by atoms with van der Waals surface area (Å²) in [4.78, 5) is 23.7. The molecule has 1 aliphatic rings. The third-order valence-corrected chi connectivity index (χ3v) is 4.21. The Bertz CT molecular complexity index is 718. The van der Waals surface area contributed by atoms with Gasteiger partial charge in [0.15, 0.2) is 11.6 Å². The Kier molecular flexibility index (Phi) is 5.55. The molecule has 1 aliphatic heterocycles. The molecule has 132 valence electrons. The van der Waals surface area contributed by atoms with Crippen LogP contribution in [0.4, 0.5) is 10.2 Å². The molecule has 7 heteroatoms. The second-order valence-corrected chi connectivity index (χ2v) is 5.94. The van der Waals surface area contributed by atoms with Crippen molar-refractivity contribution in [2.75, 3.05) is 37.7 Å². The summed E-state index contributed by atoms with van der Waals surface area (Å²) < 4.78 is 19.6. The second-order valence-electron chi connectivity index (χ2n) is 5.94. The second kappa shape index (κ2) is 8.02. The number of aryl methyl sites for hydroxylation is 1. The standard InChI is InChI=1S/C18H21FN4O2/c1-14-17(19)18(21-13-20-14)23-9-7-22(8-10-23)16(24)12-25-11-15-5-3-2-4-6-15/h2-6,13H,7-12H2,1H3. The summed E-state index contributed by atoms with van der Waals surface area (Å²) in [6.07, 6.45) is 1.36. The van der Waals surface area contributed by atoms with Crippen molar-refractivity contribution in [3.05, 3.63) is 53.7 Å². The number of piperazine rings is 1. The highest BCUT2D eigenvalue weighted by atomic mass is 19.1. The van der Waals surface area contributed by atoms with Gasteiger partial charge in [0.05, 0.1) is 12.3 Å². The number of hydrogen-bond donors (Lipinski definition) is 0. The van der Waals surface area contributed by atoms with Gasteiger partial charge in [-0.05, 0) is 12.5 Å². The van der Waals surface area contributed by atoms with Crippen molar-refractivity contribution in [2.45, 2.75) is 13.5 Å². The average molecular weight is 344 g/mol. The summed E-state index contributed by atoms with van der Waals surface area (Å²) in [5, 5.41) is 0. The first kappa shape index (κ1) is 17.3. The van der Waals surface area contributed by atoms with Crippen LogP contribution in [0, 0.1) is 12.7 Å². The van der Waals surface area contributed by atoms with Crippen molar-refractivity contribution in [2.24, 2.45) is 0 Å². The third kappa shape index (κ3) is 4.30. The van der Waals surface area contributed by atoms with Crippen molar-refractivity contribution >= 4 is 11.7 Å². The van der Waals surface area contributed by atoms with E-state index < -0.39 is 5.82 Å². The van der Waals surface area contributed by atoms with Gasteiger partial charge < -0.3 is 14.5 Å². The molecule has 0 atom stereocenters. The third-order valence-electron chi connectivity index (χ3n) is 4.21. The van der Waals surface area contributed by atoms with Crippen LogP contribution in [-0.4, -0.2) is 53.6 Å².